The Morgan fingerprint density at radius 3 is 2.59 bits per heavy atom. The molecule has 4 heteroatoms. The Balaban J connectivity index is 2.69. The number of methoxy groups -OCH3 is 2. The molecule has 0 N–H and O–H groups in total. The van der Waals surface area contributed by atoms with Crippen molar-refractivity contribution in [2.45, 2.75) is 13.0 Å². The molecule has 0 bridgehead atoms. The maximum Gasteiger partial charge on any atom is 0.127 e. The van der Waals surface area contributed by atoms with E-state index in [1.807, 2.05) is 18.2 Å². The standard InChI is InChI=1S/C13H20ClNO2/c1-15(8-4-7-14)10-11-5-6-12(16-2)9-13(11)17-3/h5-6,9H,4,7-8,10H2,1-3H3. The minimum atomic E-state index is 0.698. The van der Waals surface area contributed by atoms with Crippen molar-refractivity contribution in [3.8, 4) is 11.5 Å². The Hall–Kier alpha value is -0.930. The highest BCUT2D eigenvalue weighted by atomic mass is 35.5. The van der Waals surface area contributed by atoms with Gasteiger partial charge in [-0.05, 0) is 26.1 Å². The van der Waals surface area contributed by atoms with E-state index in [0.717, 1.165) is 36.6 Å². The fourth-order valence-electron chi connectivity index (χ4n) is 1.68. The predicted octanol–water partition coefficient (Wildman–Crippen LogP) is 2.76. The molecule has 0 saturated carbocycles. The third kappa shape index (κ3) is 4.44. The van der Waals surface area contributed by atoms with E-state index in [9.17, 15) is 0 Å². The summed E-state index contributed by atoms with van der Waals surface area (Å²) in [4.78, 5) is 2.23. The van der Waals surface area contributed by atoms with E-state index in [0.29, 0.717) is 5.88 Å². The summed E-state index contributed by atoms with van der Waals surface area (Å²) >= 11 is 5.68. The Kier molecular flexibility index (Phi) is 6.16. The molecular weight excluding hydrogens is 238 g/mol. The number of benzene rings is 1. The average molecular weight is 258 g/mol. The van der Waals surface area contributed by atoms with Gasteiger partial charge in [-0.1, -0.05) is 6.07 Å². The van der Waals surface area contributed by atoms with Crippen molar-refractivity contribution >= 4 is 11.6 Å². The summed E-state index contributed by atoms with van der Waals surface area (Å²) in [5.74, 6) is 2.38. The van der Waals surface area contributed by atoms with Crippen molar-refractivity contribution in [3.05, 3.63) is 23.8 Å². The van der Waals surface area contributed by atoms with Crippen molar-refractivity contribution in [3.63, 3.8) is 0 Å². The first kappa shape index (κ1) is 14.1. The molecule has 0 saturated heterocycles. The Bertz CT molecular complexity index is 344. The number of alkyl halides is 1. The molecule has 0 heterocycles. The number of nitrogens with zero attached hydrogens (tertiary/aromatic N) is 1. The lowest BCUT2D eigenvalue weighted by Gasteiger charge is -2.18. The van der Waals surface area contributed by atoms with Crippen LogP contribution in [-0.4, -0.2) is 38.6 Å². The zero-order valence-corrected chi connectivity index (χ0v) is 11.5. The van der Waals surface area contributed by atoms with Gasteiger partial charge >= 0.3 is 0 Å². The molecule has 0 atom stereocenters. The number of halogens is 1. The normalized spacial score (nSPS) is 10.6. The first-order valence-electron chi connectivity index (χ1n) is 5.66. The zero-order chi connectivity index (χ0) is 12.7. The lowest BCUT2D eigenvalue weighted by molar-refractivity contribution is 0.317. The third-order valence-corrected chi connectivity index (χ3v) is 2.88. The summed E-state index contributed by atoms with van der Waals surface area (Å²) in [5.41, 5.74) is 1.16. The second-order valence-corrected chi connectivity index (χ2v) is 4.34. The lowest BCUT2D eigenvalue weighted by atomic mass is 10.1. The molecule has 96 valence electrons. The van der Waals surface area contributed by atoms with E-state index in [4.69, 9.17) is 21.1 Å². The second kappa shape index (κ2) is 7.41. The van der Waals surface area contributed by atoms with Gasteiger partial charge in [0.25, 0.3) is 0 Å². The molecular formula is C13H20ClNO2. The largest absolute Gasteiger partial charge is 0.497 e. The average Bonchev–Trinajstić information content (AvgIpc) is 2.36. The fourth-order valence-corrected chi connectivity index (χ4v) is 1.80. The number of ether oxygens (including phenoxy) is 2. The maximum absolute atomic E-state index is 5.68. The van der Waals surface area contributed by atoms with Crippen LogP contribution in [0.4, 0.5) is 0 Å². The second-order valence-electron chi connectivity index (χ2n) is 3.96. The quantitative estimate of drug-likeness (QED) is 0.701. The molecule has 0 aliphatic rings. The topological polar surface area (TPSA) is 21.7 Å². The van der Waals surface area contributed by atoms with E-state index in [-0.39, 0.29) is 0 Å². The van der Waals surface area contributed by atoms with Gasteiger partial charge in [-0.15, -0.1) is 11.6 Å². The van der Waals surface area contributed by atoms with E-state index in [1.165, 1.54) is 0 Å². The molecule has 0 radical (unpaired) electrons. The Morgan fingerprint density at radius 2 is 2.00 bits per heavy atom. The highest BCUT2D eigenvalue weighted by Crippen LogP contribution is 2.25. The molecule has 0 aliphatic heterocycles. The maximum atomic E-state index is 5.68. The van der Waals surface area contributed by atoms with Crippen LogP contribution in [-0.2, 0) is 6.54 Å². The molecule has 0 spiro atoms. The molecule has 0 fully saturated rings. The van der Waals surface area contributed by atoms with E-state index in [2.05, 4.69) is 11.9 Å². The predicted molar refractivity (Wildman–Crippen MR) is 71.2 cm³/mol. The number of hydrogen-bond donors (Lipinski definition) is 0. The first-order chi connectivity index (χ1) is 8.21. The van der Waals surface area contributed by atoms with Crippen LogP contribution in [0.2, 0.25) is 0 Å². The summed E-state index contributed by atoms with van der Waals surface area (Å²) in [7, 11) is 5.41. The number of rotatable bonds is 7. The van der Waals surface area contributed by atoms with Gasteiger partial charge in [0.1, 0.15) is 11.5 Å². The number of hydrogen-bond acceptors (Lipinski definition) is 3. The summed E-state index contributed by atoms with van der Waals surface area (Å²) in [5, 5.41) is 0. The highest BCUT2D eigenvalue weighted by Gasteiger charge is 2.07. The third-order valence-electron chi connectivity index (χ3n) is 2.61. The monoisotopic (exact) mass is 257 g/mol. The van der Waals surface area contributed by atoms with Gasteiger partial charge in [-0.3, -0.25) is 0 Å². The highest BCUT2D eigenvalue weighted by molar-refractivity contribution is 6.17. The lowest BCUT2D eigenvalue weighted by Crippen LogP contribution is -2.19. The van der Waals surface area contributed by atoms with Gasteiger partial charge in [0.05, 0.1) is 14.2 Å². The van der Waals surface area contributed by atoms with E-state index >= 15 is 0 Å². The van der Waals surface area contributed by atoms with Crippen LogP contribution < -0.4 is 9.47 Å². The van der Waals surface area contributed by atoms with Gasteiger partial charge in [0, 0.05) is 24.1 Å². The fraction of sp³-hybridized carbons (Fsp3) is 0.538. The van der Waals surface area contributed by atoms with Crippen LogP contribution in [0, 0.1) is 0 Å². The van der Waals surface area contributed by atoms with E-state index < -0.39 is 0 Å². The van der Waals surface area contributed by atoms with Crippen LogP contribution in [0.15, 0.2) is 18.2 Å². The first-order valence-corrected chi connectivity index (χ1v) is 6.20. The van der Waals surface area contributed by atoms with Crippen molar-refractivity contribution in [2.24, 2.45) is 0 Å². The molecule has 0 aromatic heterocycles. The van der Waals surface area contributed by atoms with Gasteiger partial charge in [0.2, 0.25) is 0 Å². The summed E-state index contributed by atoms with van der Waals surface area (Å²) in [6.07, 6.45) is 0.997. The molecule has 1 aromatic carbocycles. The summed E-state index contributed by atoms with van der Waals surface area (Å²) < 4.78 is 10.5. The summed E-state index contributed by atoms with van der Waals surface area (Å²) in [6.45, 7) is 1.84. The Morgan fingerprint density at radius 1 is 1.24 bits per heavy atom. The van der Waals surface area contributed by atoms with Crippen molar-refractivity contribution in [1.82, 2.24) is 4.90 Å². The molecule has 3 nitrogen and oxygen atoms in total. The molecule has 1 aromatic rings. The molecule has 0 aliphatic carbocycles. The van der Waals surface area contributed by atoms with Crippen LogP contribution in [0.5, 0.6) is 11.5 Å². The van der Waals surface area contributed by atoms with Crippen LogP contribution in [0.25, 0.3) is 0 Å². The zero-order valence-electron chi connectivity index (χ0n) is 10.7. The molecule has 0 unspecified atom stereocenters. The van der Waals surface area contributed by atoms with Crippen LogP contribution in [0.1, 0.15) is 12.0 Å². The van der Waals surface area contributed by atoms with Crippen LogP contribution in [0.3, 0.4) is 0 Å². The molecule has 0 amide bonds. The van der Waals surface area contributed by atoms with Crippen LogP contribution >= 0.6 is 11.6 Å². The SMILES string of the molecule is COc1ccc(CN(C)CCCCl)c(OC)c1. The van der Waals surface area contributed by atoms with Gasteiger partial charge in [-0.2, -0.15) is 0 Å². The summed E-state index contributed by atoms with van der Waals surface area (Å²) in [6, 6.07) is 5.90. The van der Waals surface area contributed by atoms with E-state index in [1.54, 1.807) is 14.2 Å². The minimum absolute atomic E-state index is 0.698. The van der Waals surface area contributed by atoms with Crippen molar-refractivity contribution < 1.29 is 9.47 Å². The van der Waals surface area contributed by atoms with Crippen molar-refractivity contribution in [1.29, 1.82) is 0 Å². The van der Waals surface area contributed by atoms with Gasteiger partial charge < -0.3 is 14.4 Å². The molecule has 1 rings (SSSR count). The molecule has 17 heavy (non-hydrogen) atoms. The van der Waals surface area contributed by atoms with Crippen molar-refractivity contribution in [2.75, 3.05) is 33.7 Å². The Labute approximate surface area is 108 Å². The minimum Gasteiger partial charge on any atom is -0.497 e. The van der Waals surface area contributed by atoms with Gasteiger partial charge in [-0.25, -0.2) is 0 Å². The smallest absolute Gasteiger partial charge is 0.127 e. The van der Waals surface area contributed by atoms with Gasteiger partial charge in [0.15, 0.2) is 0 Å².